The summed E-state index contributed by atoms with van der Waals surface area (Å²) < 4.78 is 55.1. The highest BCUT2D eigenvalue weighted by molar-refractivity contribution is 5.90. The molecule has 0 heterocycles. The maximum absolute atomic E-state index is 13.4. The molecule has 8 aliphatic rings. The van der Waals surface area contributed by atoms with E-state index in [0.29, 0.717) is 64.5 Å². The van der Waals surface area contributed by atoms with Gasteiger partial charge in [-0.3, -0.25) is 29.3 Å². The van der Waals surface area contributed by atoms with E-state index in [-0.39, 0.29) is 137 Å². The van der Waals surface area contributed by atoms with Crippen molar-refractivity contribution in [2.45, 2.75) is 216 Å². The van der Waals surface area contributed by atoms with Crippen LogP contribution in [0.15, 0.2) is 36.4 Å². The monoisotopic (exact) mass is 1740 g/mol. The number of nitro benzene ring substituents is 1. The Morgan fingerprint density at radius 3 is 1.22 bits per heavy atom. The summed E-state index contributed by atoms with van der Waals surface area (Å²) in [6.07, 6.45) is 14.9. The van der Waals surface area contributed by atoms with Gasteiger partial charge in [0.1, 0.15) is 49.3 Å². The molecule has 2 aromatic carbocycles. The Kier molecular flexibility index (Phi) is 35.3. The third kappa shape index (κ3) is 26.3. The molecule has 0 N–H and O–H groups in total. The maximum Gasteiger partial charge on any atom is 0.514 e. The first kappa shape index (κ1) is 95.0. The van der Waals surface area contributed by atoms with E-state index in [4.69, 9.17) is 47.4 Å². The number of nitrogens with zero attached hydrogens (tertiary/aromatic N) is 1. The number of fused-ring (bicyclic) bond motifs is 10. The zero-order valence-corrected chi connectivity index (χ0v) is 72.4. The van der Waals surface area contributed by atoms with Crippen LogP contribution < -0.4 is 18.9 Å². The van der Waals surface area contributed by atoms with Crippen LogP contribution in [0, 0.1) is 286 Å². The van der Waals surface area contributed by atoms with Crippen molar-refractivity contribution in [1.29, 1.82) is 0 Å². The predicted octanol–water partition coefficient (Wildman–Crippen LogP) is 21.5. The molecule has 21 heteroatoms. The zero-order valence-electron chi connectivity index (χ0n) is 72.4. The highest BCUT2D eigenvalue weighted by Crippen LogP contribution is 2.69. The summed E-state index contributed by atoms with van der Waals surface area (Å²) in [4.78, 5) is 113. The van der Waals surface area contributed by atoms with Crippen LogP contribution in [0.5, 0.6) is 23.0 Å². The van der Waals surface area contributed by atoms with E-state index in [0.717, 1.165) is 96.3 Å². The summed E-state index contributed by atoms with van der Waals surface area (Å²) in [5.41, 5.74) is 1.13. The van der Waals surface area contributed by atoms with Crippen LogP contribution in [0.25, 0.3) is 0 Å². The van der Waals surface area contributed by atoms with Gasteiger partial charge in [0.05, 0.1) is 19.1 Å². The molecular formula is C104H159NO20. The normalized spacial score (nSPS) is 25.7. The van der Waals surface area contributed by atoms with Crippen LogP contribution >= 0.6 is 0 Å². The quantitative estimate of drug-likeness (QED) is 0.0174. The van der Waals surface area contributed by atoms with Gasteiger partial charge in [0.25, 0.3) is 5.69 Å². The SMILES string of the molecule is CC#CC#CC#CC#CC#CC#CC#CC#CC(=O)OCC(COC(=O)C#CC#CC#CC#CC#CC#CC#CC#CC)OC(=O)CC(C)CC(=O)Oc1c(OC)cc(COC(=O)O[C@@H]2CC[C@@]3(C)[C@@H](CC[C@@H]4[C@@H]3CC[C@]3(C)[C@@H](C(C)=O)CC[C@@H]43)C2)cc1OC.CC(=O)[C@H]1CC[C@H]2[C@@H]3CC[C@H]4C[C@H](OC(=O)Oc5ccc([N+](=O)[O-])cc5)CC[C@]4(C)[C@H]3CC[C@]12C.[HH].[HH].[HH].[HH].[HH].[HH].[HH].[HH].[HH].[HH].[HH].[HH].[HH].[HH].[HH].[HH].[HH].[HH].[HH].[HH].[HH].[HH].[HH].[HH].[HH].[HH].[HH].[HH].[HH].[HH]. The number of hydrogen-bond acceptors (Lipinski definition) is 20. The topological polar surface area (TPSA) is 272 Å². The molecule has 125 heavy (non-hydrogen) atoms. The molecule has 0 aromatic heterocycles. The highest BCUT2D eigenvalue weighted by Gasteiger charge is 2.63. The number of ether oxygens (including phenoxy) is 10. The lowest BCUT2D eigenvalue weighted by molar-refractivity contribution is -0.384. The van der Waals surface area contributed by atoms with E-state index in [2.05, 4.69) is 217 Å². The fraction of sp³-hybridized carbons (Fsp3) is 0.500. The molecule has 0 spiro atoms. The van der Waals surface area contributed by atoms with Crippen LogP contribution in [0.2, 0.25) is 0 Å². The van der Waals surface area contributed by atoms with E-state index < -0.39 is 66.3 Å². The number of rotatable bonds is 20. The van der Waals surface area contributed by atoms with Gasteiger partial charge < -0.3 is 47.4 Å². The smallest absolute Gasteiger partial charge is 0.493 e. The molecule has 700 valence electrons. The first-order valence-corrected chi connectivity index (χ1v) is 42.0. The average molecular weight is 1740 g/mol. The average Bonchev–Trinajstić information content (AvgIpc) is 1.63. The van der Waals surface area contributed by atoms with Crippen molar-refractivity contribution in [3.8, 4) is 212 Å². The molecule has 21 nitrogen and oxygen atoms in total. The van der Waals surface area contributed by atoms with E-state index in [1.54, 1.807) is 46.8 Å². The number of carbonyl (C=O) groups excluding carboxylic acids is 8. The Labute approximate surface area is 779 Å². The van der Waals surface area contributed by atoms with Crippen LogP contribution in [0.1, 0.15) is 239 Å². The minimum absolute atomic E-state index is 0. The molecule has 10 rings (SSSR count). The summed E-state index contributed by atoms with van der Waals surface area (Å²) in [7, 11) is 2.74. The summed E-state index contributed by atoms with van der Waals surface area (Å²) >= 11 is 0. The van der Waals surface area contributed by atoms with Crippen molar-refractivity contribution in [2.75, 3.05) is 27.4 Å². The molecule has 0 saturated heterocycles. The van der Waals surface area contributed by atoms with Gasteiger partial charge in [-0.1, -0.05) is 46.5 Å². The van der Waals surface area contributed by atoms with E-state index in [9.17, 15) is 48.5 Å². The van der Waals surface area contributed by atoms with Gasteiger partial charge in [0.2, 0.25) is 5.75 Å². The number of Topliss-reactive ketones (excluding diaryl/α,β-unsaturated/α-hetero) is 2. The summed E-state index contributed by atoms with van der Waals surface area (Å²) in [5, 5.41) is 10.8. The van der Waals surface area contributed by atoms with Crippen molar-refractivity contribution < 1.29 is 133 Å². The maximum atomic E-state index is 13.4. The first-order valence-electron chi connectivity index (χ1n) is 42.0. The second-order valence-electron chi connectivity index (χ2n) is 33.4. The highest BCUT2D eigenvalue weighted by atomic mass is 16.7. The minimum Gasteiger partial charge on any atom is -0.493 e. The summed E-state index contributed by atoms with van der Waals surface area (Å²) in [6, 6.07) is 8.53. The van der Waals surface area contributed by atoms with Crippen LogP contribution in [0.4, 0.5) is 15.3 Å². The third-order valence-electron chi connectivity index (χ3n) is 26.4. The molecule has 8 saturated carbocycles. The molecular weight excluding hydrogens is 1580 g/mol. The summed E-state index contributed by atoms with van der Waals surface area (Å²) in [6.45, 7) is 16.7. The van der Waals surface area contributed by atoms with Crippen molar-refractivity contribution >= 4 is 53.4 Å². The van der Waals surface area contributed by atoms with Gasteiger partial charge in [-0.05, 0) is 414 Å². The van der Waals surface area contributed by atoms with Crippen LogP contribution in [-0.2, 0) is 63.8 Å². The van der Waals surface area contributed by atoms with E-state index in [1.165, 1.54) is 57.7 Å². The molecule has 8 aliphatic carbocycles. The Bertz CT molecular complexity index is 5540. The second-order valence-corrected chi connectivity index (χ2v) is 33.4. The third-order valence-corrected chi connectivity index (χ3v) is 26.4. The number of ketones is 2. The second kappa shape index (κ2) is 46.4. The molecule has 0 amide bonds. The number of carbonyl (C=O) groups is 8. The van der Waals surface area contributed by atoms with E-state index in [1.807, 2.05) is 0 Å². The number of hydrogen-bond donors (Lipinski definition) is 0. The first-order chi connectivity index (χ1) is 60.2. The lowest BCUT2D eigenvalue weighted by Crippen LogP contribution is -2.54. The van der Waals surface area contributed by atoms with Crippen molar-refractivity contribution in [2.24, 2.45) is 86.8 Å². The van der Waals surface area contributed by atoms with Crippen molar-refractivity contribution in [3.63, 3.8) is 0 Å². The minimum atomic E-state index is -1.36. The zero-order chi connectivity index (χ0) is 89.9. The van der Waals surface area contributed by atoms with Gasteiger partial charge in [-0.2, -0.15) is 0 Å². The number of benzene rings is 2. The van der Waals surface area contributed by atoms with Crippen molar-refractivity contribution in [1.82, 2.24) is 0 Å². The molecule has 0 aliphatic heterocycles. The van der Waals surface area contributed by atoms with Gasteiger partial charge in [-0.15, -0.1) is 0 Å². The molecule has 0 radical (unpaired) electrons. The van der Waals surface area contributed by atoms with Gasteiger partial charge in [0, 0.05) is 91.5 Å². The fourth-order valence-corrected chi connectivity index (χ4v) is 20.9. The summed E-state index contributed by atoms with van der Waals surface area (Å²) in [5.74, 6) is 80.0. The lowest BCUT2D eigenvalue weighted by Gasteiger charge is -2.61. The van der Waals surface area contributed by atoms with Crippen LogP contribution in [0.3, 0.4) is 0 Å². The molecule has 8 fully saturated rings. The Hall–Kier alpha value is -13.8. The molecule has 17 atom stereocenters. The van der Waals surface area contributed by atoms with Crippen molar-refractivity contribution in [3.05, 3.63) is 52.1 Å². The fourth-order valence-electron chi connectivity index (χ4n) is 20.9. The Morgan fingerprint density at radius 1 is 0.456 bits per heavy atom. The number of non-ortho nitro benzene ring substituents is 1. The predicted molar refractivity (Wildman–Crippen MR) is 525 cm³/mol. The Balaban J connectivity index is -0.000000118. The molecule has 0 bridgehead atoms. The number of methoxy groups -OCH3 is 2. The van der Waals surface area contributed by atoms with Crippen LogP contribution in [-0.4, -0.2) is 98.4 Å². The standard InChI is InChI=1S/C76H62O14.C28H37NO6.30H2/c1-9-11-13-15-17-19-21-23-25-27-29-31-33-35-37-39-69(78)85-55-62(56-86-70(79)40-38-36-34-32-30-28-26-24-22-20-18-16-14-12-10-2)88-71(80)49-57(3)50-72(81)90-73-67(83-7)51-59(52-68(73)84-8)54-87-74(82)89-61-45-47-75(5)60(53-61)41-42-63-65-44-43-64(58(4)77)76(65,6)48-46-66(63)75;1-17(30)23-10-11-24-22-9-4-18-16-21(12-14-27(18,2)25(22)13-15-28(23,24)3)35-26(31)34-20-7-5-19(6-8-20)29(32)33;;;;;;;;;;;;;;;;;;;;;;;;;;;;;;/h51-52,57,60-66H,41-50,53-56H2,1-8H3;5-8,18,21-25H,4,9-16H2,1-3H3;30*1H/t57?,60-,61+,63-,64+,65-,66-,75-,76+;18-,21+,22-,23+,24-,25-,27-,28+;;;;;;;;;;;;;;;;;;;;;;;;;;;;;;/m00............................../s1. The largest absolute Gasteiger partial charge is 0.514 e. The Morgan fingerprint density at radius 2 is 0.832 bits per heavy atom. The molecule has 2 aromatic rings. The number of esters is 4. The number of nitro groups is 1. The lowest BCUT2D eigenvalue weighted by atomic mass is 9.44. The van der Waals surface area contributed by atoms with Gasteiger partial charge >= 0.3 is 36.2 Å². The van der Waals surface area contributed by atoms with Gasteiger partial charge in [0.15, 0.2) is 17.6 Å². The van der Waals surface area contributed by atoms with E-state index >= 15 is 0 Å². The van der Waals surface area contributed by atoms with Gasteiger partial charge in [-0.25, -0.2) is 19.2 Å². The molecule has 1 unspecified atom stereocenters.